The van der Waals surface area contributed by atoms with Gasteiger partial charge in [0.25, 0.3) is 0 Å². The van der Waals surface area contributed by atoms with Crippen LogP contribution >= 0.6 is 0 Å². The molecule has 6 heteroatoms. The lowest BCUT2D eigenvalue weighted by Gasteiger charge is -2.13. The number of hydrogen-bond donors (Lipinski definition) is 4. The van der Waals surface area contributed by atoms with Gasteiger partial charge in [0, 0.05) is 6.54 Å². The Labute approximate surface area is 95.6 Å². The van der Waals surface area contributed by atoms with Crippen LogP contribution in [0.2, 0.25) is 0 Å². The van der Waals surface area contributed by atoms with Crippen LogP contribution in [0.1, 0.15) is 20.3 Å². The van der Waals surface area contributed by atoms with E-state index in [-0.39, 0.29) is 31.4 Å². The highest BCUT2D eigenvalue weighted by Gasteiger charge is 2.09. The van der Waals surface area contributed by atoms with Crippen molar-refractivity contribution < 1.29 is 14.7 Å². The molecule has 16 heavy (non-hydrogen) atoms. The van der Waals surface area contributed by atoms with Crippen molar-refractivity contribution in [2.75, 3.05) is 19.6 Å². The molecule has 0 saturated carbocycles. The summed E-state index contributed by atoms with van der Waals surface area (Å²) in [7, 11) is 0. The lowest BCUT2D eigenvalue weighted by Crippen LogP contribution is -2.41. The monoisotopic (exact) mass is 231 g/mol. The number of carbonyl (C=O) groups excluding carboxylic acids is 2. The highest BCUT2D eigenvalue weighted by Crippen LogP contribution is 2.02. The molecule has 0 aliphatic rings. The summed E-state index contributed by atoms with van der Waals surface area (Å²) in [4.78, 5) is 21.9. The van der Waals surface area contributed by atoms with Gasteiger partial charge in [-0.15, -0.1) is 0 Å². The van der Waals surface area contributed by atoms with Gasteiger partial charge in [0.1, 0.15) is 0 Å². The Balaban J connectivity index is 3.61. The van der Waals surface area contributed by atoms with Gasteiger partial charge in [0.05, 0.1) is 19.2 Å². The zero-order valence-corrected chi connectivity index (χ0v) is 9.82. The van der Waals surface area contributed by atoms with E-state index in [1.54, 1.807) is 0 Å². The molecule has 94 valence electrons. The number of nitrogens with two attached hydrogens (primary N) is 1. The average Bonchev–Trinajstić information content (AvgIpc) is 2.22. The first-order valence-corrected chi connectivity index (χ1v) is 5.37. The molecule has 0 saturated heterocycles. The highest BCUT2D eigenvalue weighted by molar-refractivity contribution is 5.85. The molecule has 6 nitrogen and oxygen atoms in total. The van der Waals surface area contributed by atoms with Crippen molar-refractivity contribution in [3.8, 4) is 0 Å². The quantitative estimate of drug-likeness (QED) is 0.432. The Kier molecular flexibility index (Phi) is 7.49. The van der Waals surface area contributed by atoms with E-state index in [0.717, 1.165) is 0 Å². The van der Waals surface area contributed by atoms with Crippen LogP contribution in [0, 0.1) is 5.92 Å². The number of rotatable bonds is 7. The normalized spacial score (nSPS) is 12.3. The summed E-state index contributed by atoms with van der Waals surface area (Å²) >= 11 is 0. The predicted octanol–water partition coefficient (Wildman–Crippen LogP) is -1.42. The predicted molar refractivity (Wildman–Crippen MR) is 60.5 cm³/mol. The largest absolute Gasteiger partial charge is 0.391 e. The van der Waals surface area contributed by atoms with E-state index in [0.29, 0.717) is 12.3 Å². The van der Waals surface area contributed by atoms with E-state index in [1.165, 1.54) is 0 Å². The second-order valence-corrected chi connectivity index (χ2v) is 4.07. The van der Waals surface area contributed by atoms with Crippen LogP contribution in [0.15, 0.2) is 0 Å². The fourth-order valence-corrected chi connectivity index (χ4v) is 1.17. The van der Waals surface area contributed by atoms with Crippen LogP contribution in [0.25, 0.3) is 0 Å². The molecule has 0 aliphatic heterocycles. The molecule has 0 aromatic rings. The molecule has 0 aromatic carbocycles. The summed E-state index contributed by atoms with van der Waals surface area (Å²) in [6, 6.07) is 0. The Hall–Kier alpha value is -1.14. The van der Waals surface area contributed by atoms with Gasteiger partial charge in [-0.25, -0.2) is 0 Å². The topological polar surface area (TPSA) is 104 Å². The van der Waals surface area contributed by atoms with Gasteiger partial charge in [0.2, 0.25) is 11.8 Å². The summed E-state index contributed by atoms with van der Waals surface area (Å²) in [5.41, 5.74) is 5.05. The molecule has 0 rings (SSSR count). The van der Waals surface area contributed by atoms with E-state index in [1.807, 2.05) is 13.8 Å². The fraction of sp³-hybridized carbons (Fsp3) is 0.800. The summed E-state index contributed by atoms with van der Waals surface area (Å²) in [5, 5.41) is 14.3. The highest BCUT2D eigenvalue weighted by atomic mass is 16.3. The maximum atomic E-state index is 11.2. The van der Waals surface area contributed by atoms with Crippen molar-refractivity contribution in [2.45, 2.75) is 26.4 Å². The van der Waals surface area contributed by atoms with Crippen molar-refractivity contribution in [3.63, 3.8) is 0 Å². The van der Waals surface area contributed by atoms with Gasteiger partial charge in [-0.1, -0.05) is 13.8 Å². The van der Waals surface area contributed by atoms with Crippen molar-refractivity contribution in [3.05, 3.63) is 0 Å². The Bertz CT molecular complexity index is 231. The Morgan fingerprint density at radius 1 is 1.25 bits per heavy atom. The van der Waals surface area contributed by atoms with E-state index in [9.17, 15) is 14.7 Å². The average molecular weight is 231 g/mol. The van der Waals surface area contributed by atoms with Crippen LogP contribution < -0.4 is 16.4 Å². The second-order valence-electron chi connectivity index (χ2n) is 4.07. The maximum Gasteiger partial charge on any atom is 0.239 e. The van der Waals surface area contributed by atoms with Crippen LogP contribution in [0.5, 0.6) is 0 Å². The lowest BCUT2D eigenvalue weighted by molar-refractivity contribution is -0.125. The summed E-state index contributed by atoms with van der Waals surface area (Å²) in [6.45, 7) is 3.95. The summed E-state index contributed by atoms with van der Waals surface area (Å²) in [6.07, 6.45) is 0.0873. The fourth-order valence-electron chi connectivity index (χ4n) is 1.17. The van der Waals surface area contributed by atoms with Gasteiger partial charge in [-0.3, -0.25) is 9.59 Å². The van der Waals surface area contributed by atoms with E-state index in [4.69, 9.17) is 5.73 Å². The molecule has 0 aliphatic carbocycles. The minimum Gasteiger partial charge on any atom is -0.391 e. The van der Waals surface area contributed by atoms with Crippen LogP contribution in [0.3, 0.4) is 0 Å². The number of hydrogen-bond acceptors (Lipinski definition) is 4. The van der Waals surface area contributed by atoms with Crippen molar-refractivity contribution in [2.24, 2.45) is 11.7 Å². The first-order chi connectivity index (χ1) is 7.45. The molecular formula is C10H21N3O3. The van der Waals surface area contributed by atoms with E-state index >= 15 is 0 Å². The van der Waals surface area contributed by atoms with Gasteiger partial charge in [-0.2, -0.15) is 0 Å². The van der Waals surface area contributed by atoms with Crippen LogP contribution in [-0.2, 0) is 9.59 Å². The number of aliphatic hydroxyl groups is 1. The standard InChI is InChI=1S/C10H21N3O3/c1-7(2)3-8(14)5-12-10(16)6-13-9(15)4-11/h7-8,14H,3-6,11H2,1-2H3,(H,12,16)(H,13,15). The molecule has 0 radical (unpaired) electrons. The smallest absolute Gasteiger partial charge is 0.239 e. The lowest BCUT2D eigenvalue weighted by atomic mass is 10.1. The molecule has 1 atom stereocenters. The van der Waals surface area contributed by atoms with Gasteiger partial charge in [0.15, 0.2) is 0 Å². The minimum atomic E-state index is -0.547. The first kappa shape index (κ1) is 14.9. The van der Waals surface area contributed by atoms with Crippen molar-refractivity contribution >= 4 is 11.8 Å². The Morgan fingerprint density at radius 2 is 1.88 bits per heavy atom. The molecule has 0 spiro atoms. The molecule has 0 heterocycles. The molecular weight excluding hydrogens is 210 g/mol. The molecule has 0 fully saturated rings. The summed E-state index contributed by atoms with van der Waals surface area (Å²) < 4.78 is 0. The zero-order chi connectivity index (χ0) is 12.6. The van der Waals surface area contributed by atoms with Crippen LogP contribution in [-0.4, -0.2) is 42.7 Å². The zero-order valence-electron chi connectivity index (χ0n) is 9.82. The van der Waals surface area contributed by atoms with Gasteiger partial charge >= 0.3 is 0 Å². The van der Waals surface area contributed by atoms with E-state index < -0.39 is 6.10 Å². The maximum absolute atomic E-state index is 11.2. The third-order valence-corrected chi connectivity index (χ3v) is 1.91. The van der Waals surface area contributed by atoms with Gasteiger partial charge < -0.3 is 21.5 Å². The van der Waals surface area contributed by atoms with Crippen molar-refractivity contribution in [1.29, 1.82) is 0 Å². The third-order valence-electron chi connectivity index (χ3n) is 1.91. The second kappa shape index (κ2) is 8.06. The minimum absolute atomic E-state index is 0.107. The van der Waals surface area contributed by atoms with E-state index in [2.05, 4.69) is 10.6 Å². The van der Waals surface area contributed by atoms with Crippen LogP contribution in [0.4, 0.5) is 0 Å². The molecule has 1 unspecified atom stereocenters. The number of nitrogens with one attached hydrogen (secondary N) is 2. The first-order valence-electron chi connectivity index (χ1n) is 5.37. The SMILES string of the molecule is CC(C)CC(O)CNC(=O)CNC(=O)CN. The van der Waals surface area contributed by atoms with Gasteiger partial charge in [-0.05, 0) is 12.3 Å². The third kappa shape index (κ3) is 8.19. The molecule has 0 bridgehead atoms. The number of carbonyl (C=O) groups is 2. The summed E-state index contributed by atoms with van der Waals surface area (Å²) in [5.74, 6) is -0.327. The molecule has 2 amide bonds. The molecule has 0 aromatic heterocycles. The number of aliphatic hydroxyl groups excluding tert-OH is 1. The number of amides is 2. The van der Waals surface area contributed by atoms with Crippen molar-refractivity contribution in [1.82, 2.24) is 10.6 Å². The Morgan fingerprint density at radius 3 is 2.38 bits per heavy atom. The molecule has 5 N–H and O–H groups in total.